The number of carboxylic acid groups (broad SMARTS) is 1. The molecule has 1 aromatic heterocycles. The van der Waals surface area contributed by atoms with E-state index < -0.39 is 11.9 Å². The summed E-state index contributed by atoms with van der Waals surface area (Å²) < 4.78 is 8.73. The predicted octanol–water partition coefficient (Wildman–Crippen LogP) is 4.18. The van der Waals surface area contributed by atoms with E-state index in [1.165, 1.54) is 5.69 Å². The van der Waals surface area contributed by atoms with Crippen LogP contribution in [0.2, 0.25) is 0 Å². The summed E-state index contributed by atoms with van der Waals surface area (Å²) in [6, 6.07) is 10.1. The van der Waals surface area contributed by atoms with Crippen LogP contribution in [0.4, 0.5) is 0 Å². The van der Waals surface area contributed by atoms with Gasteiger partial charge in [-0.3, -0.25) is 14.5 Å². The number of benzene rings is 1. The van der Waals surface area contributed by atoms with Crippen molar-refractivity contribution in [3.8, 4) is 5.75 Å². The standard InChI is InChI=1S/C33H50N4O4/c1-6-7-18-35(19-8-9-20-37(3,4)5)31(38)24-36-23-28(25-12-15-30-26(22-25)16-21-41-30)32(33(39)40)29(36)14-13-27-11-10-17-34(27)2/h10-12,15,17,22,28-29,32H,6-9,13-14,16,18-21,23-24H2,1-5H3/p+1. The fourth-order valence-electron chi connectivity index (χ4n) is 6.55. The maximum Gasteiger partial charge on any atom is 0.308 e. The van der Waals surface area contributed by atoms with Crippen LogP contribution in [0.1, 0.15) is 61.8 Å². The van der Waals surface area contributed by atoms with Crippen molar-refractivity contribution in [2.45, 2.75) is 63.8 Å². The Hall–Kier alpha value is -2.84. The highest BCUT2D eigenvalue weighted by molar-refractivity contribution is 5.79. The van der Waals surface area contributed by atoms with Gasteiger partial charge in [-0.25, -0.2) is 0 Å². The van der Waals surface area contributed by atoms with Crippen LogP contribution in [0.3, 0.4) is 0 Å². The maximum atomic E-state index is 13.8. The Morgan fingerprint density at radius 3 is 2.59 bits per heavy atom. The summed E-state index contributed by atoms with van der Waals surface area (Å²) >= 11 is 0. The fraction of sp³-hybridized carbons (Fsp3) is 0.636. The number of fused-ring (bicyclic) bond motifs is 1. The molecular weight excluding hydrogens is 516 g/mol. The minimum Gasteiger partial charge on any atom is -0.493 e. The molecule has 226 valence electrons. The van der Waals surface area contributed by atoms with Gasteiger partial charge in [-0.15, -0.1) is 0 Å². The first-order chi connectivity index (χ1) is 19.6. The number of carboxylic acids is 1. The molecule has 0 saturated carbocycles. The zero-order valence-corrected chi connectivity index (χ0v) is 25.8. The van der Waals surface area contributed by atoms with Crippen molar-refractivity contribution in [3.05, 3.63) is 53.3 Å². The minimum atomic E-state index is -0.776. The quantitative estimate of drug-likeness (QED) is 0.258. The molecule has 0 bridgehead atoms. The summed E-state index contributed by atoms with van der Waals surface area (Å²) in [6.07, 6.45) is 8.44. The Bertz CT molecular complexity index is 1170. The number of carbonyl (C=O) groups is 2. The molecule has 1 N–H and O–H groups in total. The Labute approximate surface area is 246 Å². The molecule has 3 heterocycles. The third-order valence-electron chi connectivity index (χ3n) is 8.90. The highest BCUT2D eigenvalue weighted by atomic mass is 16.5. The topological polar surface area (TPSA) is 75.0 Å². The number of quaternary nitrogens is 1. The number of aryl methyl sites for hydroxylation is 2. The molecule has 8 heteroatoms. The molecule has 0 aliphatic carbocycles. The summed E-state index contributed by atoms with van der Waals surface area (Å²) in [4.78, 5) is 30.9. The molecule has 1 saturated heterocycles. The van der Waals surface area contributed by atoms with Crippen LogP contribution in [-0.2, 0) is 29.5 Å². The number of amides is 1. The number of carbonyl (C=O) groups excluding carboxylic acids is 1. The zero-order chi connectivity index (χ0) is 29.6. The normalized spacial score (nSPS) is 20.7. The van der Waals surface area contributed by atoms with E-state index in [1.807, 2.05) is 36.3 Å². The van der Waals surface area contributed by atoms with Gasteiger partial charge in [0.25, 0.3) is 0 Å². The number of hydrogen-bond donors (Lipinski definition) is 1. The summed E-state index contributed by atoms with van der Waals surface area (Å²) in [5.74, 6) is -0.487. The van der Waals surface area contributed by atoms with E-state index in [-0.39, 0.29) is 24.4 Å². The maximum absolute atomic E-state index is 13.8. The predicted molar refractivity (Wildman–Crippen MR) is 162 cm³/mol. The van der Waals surface area contributed by atoms with Crippen LogP contribution < -0.4 is 4.74 Å². The first kappa shape index (κ1) is 31.1. The van der Waals surface area contributed by atoms with Gasteiger partial charge in [0.05, 0.1) is 46.8 Å². The number of aromatic nitrogens is 1. The summed E-state index contributed by atoms with van der Waals surface area (Å²) in [6.45, 7) is 6.28. The van der Waals surface area contributed by atoms with Crippen LogP contribution in [0.25, 0.3) is 0 Å². The lowest BCUT2D eigenvalue weighted by atomic mass is 9.83. The van der Waals surface area contributed by atoms with Crippen molar-refractivity contribution in [2.75, 3.05) is 60.5 Å². The third kappa shape index (κ3) is 8.13. The van der Waals surface area contributed by atoms with E-state index in [0.29, 0.717) is 19.6 Å². The van der Waals surface area contributed by atoms with E-state index in [9.17, 15) is 14.7 Å². The van der Waals surface area contributed by atoms with Gasteiger partial charge in [-0.2, -0.15) is 0 Å². The molecule has 2 aliphatic heterocycles. The van der Waals surface area contributed by atoms with E-state index >= 15 is 0 Å². The van der Waals surface area contributed by atoms with Gasteiger partial charge in [-0.1, -0.05) is 25.5 Å². The first-order valence-corrected chi connectivity index (χ1v) is 15.5. The largest absolute Gasteiger partial charge is 0.493 e. The molecule has 2 aliphatic rings. The number of ether oxygens (including phenoxy) is 1. The SMILES string of the molecule is CCCCN(CCCC[N+](C)(C)C)C(=O)CN1CC(c2ccc3c(c2)CCO3)C(C(=O)O)C1CCc1cccn1C. The molecular formula is C33H51N4O4+. The Kier molecular flexibility index (Phi) is 10.5. The second-order valence-electron chi connectivity index (χ2n) is 13.0. The second-order valence-corrected chi connectivity index (χ2v) is 13.0. The zero-order valence-electron chi connectivity index (χ0n) is 25.8. The molecule has 0 spiro atoms. The molecule has 1 aromatic carbocycles. The van der Waals surface area contributed by atoms with Crippen molar-refractivity contribution in [1.29, 1.82) is 0 Å². The Morgan fingerprint density at radius 2 is 1.90 bits per heavy atom. The highest BCUT2D eigenvalue weighted by Crippen LogP contribution is 2.41. The lowest BCUT2D eigenvalue weighted by Gasteiger charge is -2.30. The third-order valence-corrected chi connectivity index (χ3v) is 8.90. The fourth-order valence-corrected chi connectivity index (χ4v) is 6.55. The number of nitrogens with zero attached hydrogens (tertiary/aromatic N) is 4. The highest BCUT2D eigenvalue weighted by Gasteiger charge is 2.47. The van der Waals surface area contributed by atoms with Gasteiger partial charge in [0.2, 0.25) is 5.91 Å². The smallest absolute Gasteiger partial charge is 0.308 e. The molecule has 41 heavy (non-hydrogen) atoms. The molecule has 8 nitrogen and oxygen atoms in total. The number of rotatable bonds is 15. The monoisotopic (exact) mass is 567 g/mol. The number of hydrogen-bond acceptors (Lipinski definition) is 4. The van der Waals surface area contributed by atoms with E-state index in [0.717, 1.165) is 79.5 Å². The Morgan fingerprint density at radius 1 is 1.12 bits per heavy atom. The van der Waals surface area contributed by atoms with E-state index in [4.69, 9.17) is 4.74 Å². The summed E-state index contributed by atoms with van der Waals surface area (Å²) in [5.41, 5.74) is 3.38. The number of likely N-dealkylation sites (tertiary alicyclic amines) is 1. The molecule has 3 unspecified atom stereocenters. The van der Waals surface area contributed by atoms with Crippen molar-refractivity contribution in [2.24, 2.45) is 13.0 Å². The van der Waals surface area contributed by atoms with Crippen molar-refractivity contribution in [1.82, 2.24) is 14.4 Å². The van der Waals surface area contributed by atoms with Crippen molar-refractivity contribution < 1.29 is 23.9 Å². The van der Waals surface area contributed by atoms with E-state index in [1.54, 1.807) is 0 Å². The molecule has 4 rings (SSSR count). The van der Waals surface area contributed by atoms with Crippen molar-refractivity contribution >= 4 is 11.9 Å². The van der Waals surface area contributed by atoms with Gasteiger partial charge < -0.3 is 23.8 Å². The lowest BCUT2D eigenvalue weighted by Crippen LogP contribution is -2.45. The molecule has 2 aromatic rings. The summed E-state index contributed by atoms with van der Waals surface area (Å²) in [5, 5.41) is 10.6. The average Bonchev–Trinajstić information content (AvgIpc) is 3.64. The van der Waals surface area contributed by atoms with Gasteiger partial charge in [-0.05, 0) is 61.4 Å². The molecule has 0 radical (unpaired) electrons. The van der Waals surface area contributed by atoms with Crippen LogP contribution in [0.15, 0.2) is 36.5 Å². The number of unbranched alkanes of at least 4 members (excludes halogenated alkanes) is 2. The van der Waals surface area contributed by atoms with Crippen LogP contribution in [-0.4, -0.2) is 102 Å². The molecule has 3 atom stereocenters. The second kappa shape index (κ2) is 13.9. The molecule has 1 fully saturated rings. The first-order valence-electron chi connectivity index (χ1n) is 15.5. The van der Waals surface area contributed by atoms with Crippen LogP contribution in [0, 0.1) is 5.92 Å². The lowest BCUT2D eigenvalue weighted by molar-refractivity contribution is -0.870. The van der Waals surface area contributed by atoms with Gasteiger partial charge in [0.1, 0.15) is 5.75 Å². The number of aliphatic carboxylic acids is 1. The van der Waals surface area contributed by atoms with Crippen molar-refractivity contribution in [3.63, 3.8) is 0 Å². The molecule has 1 amide bonds. The average molecular weight is 568 g/mol. The van der Waals surface area contributed by atoms with Gasteiger partial charge in [0, 0.05) is 57.0 Å². The summed E-state index contributed by atoms with van der Waals surface area (Å²) in [7, 11) is 8.63. The van der Waals surface area contributed by atoms with Gasteiger partial charge >= 0.3 is 5.97 Å². The Balaban J connectivity index is 1.54. The van der Waals surface area contributed by atoms with Crippen LogP contribution in [0.5, 0.6) is 5.75 Å². The minimum absolute atomic E-state index is 0.125. The van der Waals surface area contributed by atoms with E-state index in [2.05, 4.69) is 49.7 Å². The van der Waals surface area contributed by atoms with Gasteiger partial charge in [0.15, 0.2) is 0 Å². The van der Waals surface area contributed by atoms with Crippen LogP contribution >= 0.6 is 0 Å².